The quantitative estimate of drug-likeness (QED) is 0.471. The fourth-order valence-corrected chi connectivity index (χ4v) is 2.47. The fraction of sp³-hybridized carbons (Fsp3) is 0.529. The van der Waals surface area contributed by atoms with Gasteiger partial charge in [0.1, 0.15) is 11.6 Å². The summed E-state index contributed by atoms with van der Waals surface area (Å²) < 4.78 is 9.28. The van der Waals surface area contributed by atoms with Gasteiger partial charge in [-0.05, 0) is 20.9 Å². The molecular formula is C17H24N6O6. The van der Waals surface area contributed by atoms with Crippen molar-refractivity contribution in [1.29, 1.82) is 0 Å². The van der Waals surface area contributed by atoms with Crippen molar-refractivity contribution in [2.45, 2.75) is 13.8 Å². The molecule has 0 atom stereocenters. The van der Waals surface area contributed by atoms with Crippen LogP contribution in [-0.4, -0.2) is 85.1 Å². The van der Waals surface area contributed by atoms with Gasteiger partial charge in [0.25, 0.3) is 0 Å². The zero-order chi connectivity index (χ0) is 21.4. The number of hydrogen-bond donors (Lipinski definition) is 2. The van der Waals surface area contributed by atoms with Crippen LogP contribution in [0.15, 0.2) is 6.07 Å². The van der Waals surface area contributed by atoms with Crippen LogP contribution in [0.1, 0.15) is 13.8 Å². The van der Waals surface area contributed by atoms with Crippen LogP contribution in [0.2, 0.25) is 0 Å². The Morgan fingerprint density at radius 1 is 0.931 bits per heavy atom. The van der Waals surface area contributed by atoms with Crippen LogP contribution in [0.3, 0.4) is 0 Å². The maximum absolute atomic E-state index is 11.9. The van der Waals surface area contributed by atoms with Gasteiger partial charge in [0.2, 0.25) is 5.95 Å². The summed E-state index contributed by atoms with van der Waals surface area (Å²) in [6, 6.07) is 1.47. The molecule has 12 heteroatoms. The highest BCUT2D eigenvalue weighted by Gasteiger charge is 2.22. The Bertz CT molecular complexity index is 727. The van der Waals surface area contributed by atoms with E-state index >= 15 is 0 Å². The van der Waals surface area contributed by atoms with Crippen LogP contribution in [-0.2, 0) is 28.7 Å². The van der Waals surface area contributed by atoms with E-state index in [-0.39, 0.29) is 25.0 Å². The van der Waals surface area contributed by atoms with Crippen molar-refractivity contribution < 1.29 is 28.7 Å². The van der Waals surface area contributed by atoms with Gasteiger partial charge >= 0.3 is 23.8 Å². The molecule has 2 heterocycles. The van der Waals surface area contributed by atoms with Gasteiger partial charge in [-0.25, -0.2) is 9.59 Å². The van der Waals surface area contributed by atoms with Gasteiger partial charge in [-0.15, -0.1) is 0 Å². The van der Waals surface area contributed by atoms with E-state index in [0.29, 0.717) is 18.9 Å². The zero-order valence-corrected chi connectivity index (χ0v) is 16.6. The summed E-state index contributed by atoms with van der Waals surface area (Å²) in [5, 5.41) is 4.56. The van der Waals surface area contributed by atoms with Crippen LogP contribution in [0.5, 0.6) is 0 Å². The van der Waals surface area contributed by atoms with Crippen LogP contribution in [0.25, 0.3) is 0 Å². The highest BCUT2D eigenvalue weighted by molar-refractivity contribution is 6.37. The molecule has 0 radical (unpaired) electrons. The second-order valence-corrected chi connectivity index (χ2v) is 6.07. The molecule has 1 saturated heterocycles. The van der Waals surface area contributed by atoms with Gasteiger partial charge in [-0.3, -0.25) is 14.9 Å². The summed E-state index contributed by atoms with van der Waals surface area (Å²) >= 11 is 0. The fourth-order valence-electron chi connectivity index (χ4n) is 2.47. The summed E-state index contributed by atoms with van der Waals surface area (Å²) in [5.74, 6) is -4.03. The molecule has 1 aromatic rings. The summed E-state index contributed by atoms with van der Waals surface area (Å²) in [4.78, 5) is 59.3. The predicted octanol–water partition coefficient (Wildman–Crippen LogP) is -0.768. The van der Waals surface area contributed by atoms with Crippen LogP contribution >= 0.6 is 0 Å². The first-order valence-electron chi connectivity index (χ1n) is 9.12. The minimum absolute atomic E-state index is 0.0221. The molecular weight excluding hydrogens is 384 g/mol. The third-order valence-corrected chi connectivity index (χ3v) is 3.93. The van der Waals surface area contributed by atoms with Crippen molar-refractivity contribution in [3.05, 3.63) is 6.07 Å². The lowest BCUT2D eigenvalue weighted by Gasteiger charge is -2.33. The SMILES string of the molecule is CCOC(=O)C(=O)Nc1cc(N2CCN(C)CC2)nc(NC(=O)C(=O)OCC)n1. The lowest BCUT2D eigenvalue weighted by molar-refractivity contribution is -0.152. The first-order valence-corrected chi connectivity index (χ1v) is 9.12. The molecule has 1 fully saturated rings. The van der Waals surface area contributed by atoms with Crippen molar-refractivity contribution in [2.75, 3.05) is 62.0 Å². The summed E-state index contributed by atoms with van der Waals surface area (Å²) in [6.45, 7) is 6.12. The topological polar surface area (TPSA) is 143 Å². The summed E-state index contributed by atoms with van der Waals surface area (Å²) in [6.07, 6.45) is 0. The lowest BCUT2D eigenvalue weighted by atomic mass is 10.3. The molecule has 2 rings (SSSR count). The Morgan fingerprint density at radius 2 is 1.48 bits per heavy atom. The van der Waals surface area contributed by atoms with Gasteiger partial charge in [0, 0.05) is 32.2 Å². The maximum atomic E-state index is 11.9. The highest BCUT2D eigenvalue weighted by Crippen LogP contribution is 2.20. The number of carbonyl (C=O) groups excluding carboxylic acids is 4. The third-order valence-electron chi connectivity index (χ3n) is 3.93. The molecule has 0 aromatic carbocycles. The molecule has 0 spiro atoms. The second-order valence-electron chi connectivity index (χ2n) is 6.07. The molecule has 12 nitrogen and oxygen atoms in total. The first-order chi connectivity index (χ1) is 13.8. The number of anilines is 3. The maximum Gasteiger partial charge on any atom is 0.397 e. The smallest absolute Gasteiger partial charge is 0.397 e. The van der Waals surface area contributed by atoms with E-state index in [9.17, 15) is 19.2 Å². The number of nitrogens with zero attached hydrogens (tertiary/aromatic N) is 4. The molecule has 1 aromatic heterocycles. The summed E-state index contributed by atoms with van der Waals surface area (Å²) in [7, 11) is 1.99. The number of amides is 2. The molecule has 0 bridgehead atoms. The van der Waals surface area contributed by atoms with Gasteiger partial charge in [0.05, 0.1) is 13.2 Å². The number of hydrogen-bond acceptors (Lipinski definition) is 10. The van der Waals surface area contributed by atoms with Crippen molar-refractivity contribution >= 4 is 41.3 Å². The number of esters is 2. The van der Waals surface area contributed by atoms with Gasteiger partial charge in [0.15, 0.2) is 0 Å². The molecule has 0 unspecified atom stereocenters. The Labute approximate surface area is 167 Å². The lowest BCUT2D eigenvalue weighted by Crippen LogP contribution is -2.45. The average molecular weight is 408 g/mol. The molecule has 2 amide bonds. The van der Waals surface area contributed by atoms with E-state index < -0.39 is 23.8 Å². The van der Waals surface area contributed by atoms with Crippen molar-refractivity contribution in [3.8, 4) is 0 Å². The average Bonchev–Trinajstić information content (AvgIpc) is 2.68. The number of nitrogens with one attached hydrogen (secondary N) is 2. The number of ether oxygens (including phenoxy) is 2. The van der Waals surface area contributed by atoms with Crippen LogP contribution in [0, 0.1) is 0 Å². The molecule has 0 saturated carbocycles. The number of likely N-dealkylation sites (N-methyl/N-ethyl adjacent to an activating group) is 1. The Kier molecular flexibility index (Phi) is 7.83. The van der Waals surface area contributed by atoms with Crippen molar-refractivity contribution in [3.63, 3.8) is 0 Å². The first kappa shape index (κ1) is 22.0. The minimum atomic E-state index is -1.08. The molecule has 2 N–H and O–H groups in total. The van der Waals surface area contributed by atoms with E-state index in [4.69, 9.17) is 0 Å². The third kappa shape index (κ3) is 6.38. The molecule has 0 aliphatic carbocycles. The van der Waals surface area contributed by atoms with Gasteiger partial charge in [-0.1, -0.05) is 0 Å². The van der Waals surface area contributed by atoms with E-state index in [1.165, 1.54) is 6.07 Å². The zero-order valence-electron chi connectivity index (χ0n) is 16.6. The van der Waals surface area contributed by atoms with E-state index in [0.717, 1.165) is 13.1 Å². The molecule has 29 heavy (non-hydrogen) atoms. The highest BCUT2D eigenvalue weighted by atomic mass is 16.5. The summed E-state index contributed by atoms with van der Waals surface area (Å²) in [5.41, 5.74) is 0. The van der Waals surface area contributed by atoms with E-state index in [1.54, 1.807) is 13.8 Å². The second kappa shape index (κ2) is 10.3. The molecule has 1 aliphatic rings. The van der Waals surface area contributed by atoms with Crippen LogP contribution in [0.4, 0.5) is 17.6 Å². The Morgan fingerprint density at radius 3 is 2.03 bits per heavy atom. The predicted molar refractivity (Wildman–Crippen MR) is 102 cm³/mol. The van der Waals surface area contributed by atoms with E-state index in [1.807, 2.05) is 11.9 Å². The minimum Gasteiger partial charge on any atom is -0.459 e. The molecule has 158 valence electrons. The Hall–Kier alpha value is -3.28. The number of piperazine rings is 1. The number of aromatic nitrogens is 2. The molecule has 1 aliphatic heterocycles. The number of carbonyl (C=O) groups is 4. The van der Waals surface area contributed by atoms with Crippen LogP contribution < -0.4 is 15.5 Å². The normalized spacial score (nSPS) is 14.1. The van der Waals surface area contributed by atoms with Gasteiger partial charge in [-0.2, -0.15) is 9.97 Å². The van der Waals surface area contributed by atoms with Gasteiger partial charge < -0.3 is 24.6 Å². The standard InChI is InChI=1S/C17H24N6O6/c1-4-28-15(26)13(24)18-11-10-12(23-8-6-22(3)7-9-23)20-17(19-11)21-14(25)16(27)29-5-2/h10H,4-9H2,1-3H3,(H2,18,19,20,21,24,25). The van der Waals surface area contributed by atoms with E-state index in [2.05, 4.69) is 35.0 Å². The monoisotopic (exact) mass is 408 g/mol. The largest absolute Gasteiger partial charge is 0.459 e. The van der Waals surface area contributed by atoms with Crippen molar-refractivity contribution in [1.82, 2.24) is 14.9 Å². The number of rotatable bonds is 5. The Balaban J connectivity index is 2.25. The van der Waals surface area contributed by atoms with Crippen molar-refractivity contribution in [2.24, 2.45) is 0 Å².